The summed E-state index contributed by atoms with van der Waals surface area (Å²) in [4.78, 5) is 21.2. The molecule has 0 spiro atoms. The first-order valence-electron chi connectivity index (χ1n) is 8.25. The molecule has 2 heterocycles. The maximum Gasteiger partial charge on any atom is 0.308 e. The van der Waals surface area contributed by atoms with Crippen LogP contribution in [0.2, 0.25) is 5.02 Å². The monoisotopic (exact) mass is 355 g/mol. The normalized spacial score (nSPS) is 17.4. The molecular weight excluding hydrogens is 338 g/mol. The van der Waals surface area contributed by atoms with Gasteiger partial charge in [-0.1, -0.05) is 17.7 Å². The number of hydrogen-bond acceptors (Lipinski definition) is 3. The maximum absolute atomic E-state index is 11.2. The average molecular weight is 356 g/mol. The first-order chi connectivity index (χ1) is 12.0. The van der Waals surface area contributed by atoms with E-state index in [1.807, 2.05) is 37.3 Å². The van der Waals surface area contributed by atoms with Crippen LogP contribution in [0.3, 0.4) is 0 Å². The molecule has 0 aliphatic carbocycles. The van der Waals surface area contributed by atoms with Crippen molar-refractivity contribution in [3.8, 4) is 11.4 Å². The lowest BCUT2D eigenvalue weighted by atomic mass is 10.1. The number of imidazole rings is 1. The van der Waals surface area contributed by atoms with Crippen LogP contribution in [0, 0.1) is 12.8 Å². The number of carboxylic acid groups (broad SMARTS) is 1. The number of aromatic amines is 1. The second-order valence-corrected chi connectivity index (χ2v) is 6.95. The van der Waals surface area contributed by atoms with Crippen molar-refractivity contribution in [3.63, 3.8) is 0 Å². The molecule has 1 aliphatic rings. The Kier molecular flexibility index (Phi) is 3.88. The van der Waals surface area contributed by atoms with Crippen LogP contribution in [0.25, 0.3) is 22.4 Å². The Morgan fingerprint density at radius 3 is 2.92 bits per heavy atom. The fourth-order valence-electron chi connectivity index (χ4n) is 3.34. The third kappa shape index (κ3) is 2.96. The molecule has 1 aromatic heterocycles. The molecule has 0 bridgehead atoms. The van der Waals surface area contributed by atoms with Gasteiger partial charge in [-0.3, -0.25) is 4.79 Å². The molecule has 3 aromatic rings. The molecule has 1 unspecified atom stereocenters. The molecule has 0 saturated carbocycles. The lowest BCUT2D eigenvalue weighted by Crippen LogP contribution is -2.22. The summed E-state index contributed by atoms with van der Waals surface area (Å²) in [6, 6.07) is 11.8. The van der Waals surface area contributed by atoms with Gasteiger partial charge in [0.1, 0.15) is 5.82 Å². The summed E-state index contributed by atoms with van der Waals surface area (Å²) in [7, 11) is 0. The van der Waals surface area contributed by atoms with Crippen molar-refractivity contribution in [2.75, 3.05) is 18.0 Å². The summed E-state index contributed by atoms with van der Waals surface area (Å²) >= 11 is 6.40. The number of nitrogens with one attached hydrogen (secondary N) is 1. The Hall–Kier alpha value is -2.53. The Morgan fingerprint density at radius 2 is 2.16 bits per heavy atom. The molecule has 1 atom stereocenters. The first kappa shape index (κ1) is 16.0. The smallest absolute Gasteiger partial charge is 0.308 e. The largest absolute Gasteiger partial charge is 0.481 e. The number of aromatic nitrogens is 2. The Balaban J connectivity index is 1.71. The topological polar surface area (TPSA) is 69.2 Å². The van der Waals surface area contributed by atoms with Gasteiger partial charge in [0.15, 0.2) is 0 Å². The second-order valence-electron chi connectivity index (χ2n) is 6.54. The van der Waals surface area contributed by atoms with E-state index >= 15 is 0 Å². The molecule has 4 rings (SSSR count). The van der Waals surface area contributed by atoms with E-state index in [0.29, 0.717) is 18.0 Å². The highest BCUT2D eigenvalue weighted by Crippen LogP contribution is 2.33. The number of hydrogen-bond donors (Lipinski definition) is 2. The maximum atomic E-state index is 11.2. The van der Waals surface area contributed by atoms with Crippen molar-refractivity contribution >= 4 is 34.3 Å². The zero-order valence-corrected chi connectivity index (χ0v) is 14.5. The number of nitrogens with zero attached hydrogens (tertiary/aromatic N) is 2. The van der Waals surface area contributed by atoms with Gasteiger partial charge in [0, 0.05) is 24.3 Å². The molecule has 1 aliphatic heterocycles. The van der Waals surface area contributed by atoms with Crippen LogP contribution >= 0.6 is 11.6 Å². The lowest BCUT2D eigenvalue weighted by Gasteiger charge is -2.19. The van der Waals surface area contributed by atoms with Crippen molar-refractivity contribution in [1.82, 2.24) is 9.97 Å². The molecule has 1 fully saturated rings. The van der Waals surface area contributed by atoms with Gasteiger partial charge < -0.3 is 15.0 Å². The Morgan fingerprint density at radius 1 is 1.32 bits per heavy atom. The van der Waals surface area contributed by atoms with E-state index in [1.54, 1.807) is 0 Å². The number of H-pyrrole nitrogens is 1. The fourth-order valence-corrected chi connectivity index (χ4v) is 3.55. The average Bonchev–Trinajstić information content (AvgIpc) is 3.21. The predicted molar refractivity (Wildman–Crippen MR) is 99.2 cm³/mol. The number of benzene rings is 2. The van der Waals surface area contributed by atoms with Gasteiger partial charge in [0.2, 0.25) is 0 Å². The summed E-state index contributed by atoms with van der Waals surface area (Å²) in [6.07, 6.45) is 0.664. The van der Waals surface area contributed by atoms with E-state index in [9.17, 15) is 9.90 Å². The number of carbonyl (C=O) groups is 1. The zero-order chi connectivity index (χ0) is 17.6. The molecular formula is C19H18ClN3O2. The first-order valence-corrected chi connectivity index (χ1v) is 8.63. The number of carboxylic acids is 1. The minimum absolute atomic E-state index is 0.312. The zero-order valence-electron chi connectivity index (χ0n) is 13.8. The fraction of sp³-hybridized carbons (Fsp3) is 0.263. The van der Waals surface area contributed by atoms with Gasteiger partial charge in [0.25, 0.3) is 0 Å². The van der Waals surface area contributed by atoms with Gasteiger partial charge in [-0.15, -0.1) is 0 Å². The highest BCUT2D eigenvalue weighted by Gasteiger charge is 2.28. The van der Waals surface area contributed by atoms with Crippen LogP contribution in [0.5, 0.6) is 0 Å². The van der Waals surface area contributed by atoms with Crippen molar-refractivity contribution in [3.05, 3.63) is 47.0 Å². The van der Waals surface area contributed by atoms with Crippen molar-refractivity contribution < 1.29 is 9.90 Å². The Bertz CT molecular complexity index is 966. The van der Waals surface area contributed by atoms with Crippen LogP contribution in [0.4, 0.5) is 5.69 Å². The number of rotatable bonds is 3. The molecule has 128 valence electrons. The van der Waals surface area contributed by atoms with Crippen LogP contribution in [0.15, 0.2) is 36.4 Å². The van der Waals surface area contributed by atoms with Crippen LogP contribution < -0.4 is 4.90 Å². The van der Waals surface area contributed by atoms with E-state index in [2.05, 4.69) is 20.9 Å². The molecule has 0 amide bonds. The van der Waals surface area contributed by atoms with Gasteiger partial charge in [-0.2, -0.15) is 0 Å². The molecule has 5 nitrogen and oxygen atoms in total. The number of fused-ring (bicyclic) bond motifs is 1. The van der Waals surface area contributed by atoms with Gasteiger partial charge >= 0.3 is 5.97 Å². The van der Waals surface area contributed by atoms with Crippen LogP contribution in [0.1, 0.15) is 12.0 Å². The molecule has 2 aromatic carbocycles. The van der Waals surface area contributed by atoms with Gasteiger partial charge in [-0.05, 0) is 49.2 Å². The van der Waals surface area contributed by atoms with Crippen molar-refractivity contribution in [2.45, 2.75) is 13.3 Å². The summed E-state index contributed by atoms with van der Waals surface area (Å²) < 4.78 is 0. The van der Waals surface area contributed by atoms with E-state index < -0.39 is 5.97 Å². The summed E-state index contributed by atoms with van der Waals surface area (Å²) in [5.74, 6) is -0.320. The van der Waals surface area contributed by atoms with E-state index in [0.717, 1.165) is 34.7 Å². The number of aryl methyl sites for hydroxylation is 1. The number of aliphatic carboxylic acids is 1. The second kappa shape index (κ2) is 6.08. The third-order valence-electron chi connectivity index (χ3n) is 4.75. The van der Waals surface area contributed by atoms with Crippen LogP contribution in [-0.4, -0.2) is 34.1 Å². The predicted octanol–water partition coefficient (Wildman–Crippen LogP) is 4.10. The Labute approximate surface area is 150 Å². The summed E-state index contributed by atoms with van der Waals surface area (Å²) in [5.41, 5.74) is 4.84. The quantitative estimate of drug-likeness (QED) is 0.742. The van der Waals surface area contributed by atoms with Gasteiger partial charge in [0.05, 0.1) is 22.0 Å². The van der Waals surface area contributed by atoms with Gasteiger partial charge in [-0.25, -0.2) is 4.98 Å². The van der Waals surface area contributed by atoms with Crippen molar-refractivity contribution in [1.29, 1.82) is 0 Å². The summed E-state index contributed by atoms with van der Waals surface area (Å²) in [6.45, 7) is 3.30. The minimum Gasteiger partial charge on any atom is -0.481 e. The molecule has 6 heteroatoms. The molecule has 2 N–H and O–H groups in total. The van der Waals surface area contributed by atoms with Crippen molar-refractivity contribution in [2.24, 2.45) is 5.92 Å². The lowest BCUT2D eigenvalue weighted by molar-refractivity contribution is -0.140. The van der Waals surface area contributed by atoms with E-state index in [1.165, 1.54) is 5.56 Å². The standard InChI is InChI=1S/C19H18ClN3O2/c1-11-2-5-16-17(8-11)22-18(21-16)14-9-13(3-4-15(14)20)23-7-6-12(10-23)19(24)25/h2-5,8-9,12H,6-7,10H2,1H3,(H,21,22)(H,24,25). The highest BCUT2D eigenvalue weighted by atomic mass is 35.5. The molecule has 25 heavy (non-hydrogen) atoms. The SMILES string of the molecule is Cc1ccc2nc(-c3cc(N4CCC(C(=O)O)C4)ccc3Cl)[nH]c2c1. The highest BCUT2D eigenvalue weighted by molar-refractivity contribution is 6.33. The molecule has 1 saturated heterocycles. The third-order valence-corrected chi connectivity index (χ3v) is 5.07. The summed E-state index contributed by atoms with van der Waals surface area (Å²) in [5, 5.41) is 9.81. The van der Waals surface area contributed by atoms with Crippen LogP contribution in [-0.2, 0) is 4.79 Å². The minimum atomic E-state index is -0.732. The number of anilines is 1. The van der Waals surface area contributed by atoms with E-state index in [-0.39, 0.29) is 5.92 Å². The van der Waals surface area contributed by atoms with E-state index in [4.69, 9.17) is 11.6 Å². The molecule has 0 radical (unpaired) electrons. The number of halogens is 1.